The van der Waals surface area contributed by atoms with Crippen molar-refractivity contribution in [3.05, 3.63) is 27.7 Å². The first-order valence-electron chi connectivity index (χ1n) is 7.29. The number of carbonyl (C=O) groups is 1. The van der Waals surface area contributed by atoms with Gasteiger partial charge in [0.05, 0.1) is 11.6 Å². The number of nitrogens with one attached hydrogen (secondary N) is 3. The van der Waals surface area contributed by atoms with Crippen LogP contribution in [0, 0.1) is 6.92 Å². The Bertz CT molecular complexity index is 886. The van der Waals surface area contributed by atoms with Crippen LogP contribution in [0.25, 0.3) is 0 Å². The number of fused-ring (bicyclic) bond motifs is 1. The van der Waals surface area contributed by atoms with Crippen LogP contribution >= 0.6 is 11.3 Å². The van der Waals surface area contributed by atoms with E-state index >= 15 is 0 Å². The number of aromatic amines is 1. The van der Waals surface area contributed by atoms with Gasteiger partial charge in [0, 0.05) is 11.4 Å². The average molecular weight is 371 g/mol. The van der Waals surface area contributed by atoms with Crippen LogP contribution in [0.2, 0.25) is 0 Å². The van der Waals surface area contributed by atoms with Crippen molar-refractivity contribution in [3.8, 4) is 0 Å². The summed E-state index contributed by atoms with van der Waals surface area (Å²) in [6, 6.07) is -0.682. The number of thiophene rings is 1. The largest absolute Gasteiger partial charge is 0.478 e. The van der Waals surface area contributed by atoms with Crippen molar-refractivity contribution in [2.45, 2.75) is 37.1 Å². The maximum atomic E-state index is 12.7. The first-order valence-corrected chi connectivity index (χ1v) is 9.59. The van der Waals surface area contributed by atoms with E-state index in [2.05, 4.69) is 25.2 Å². The van der Waals surface area contributed by atoms with Gasteiger partial charge in [0.25, 0.3) is 10.0 Å². The molecule has 2 aromatic rings. The molecule has 24 heavy (non-hydrogen) atoms. The Morgan fingerprint density at radius 3 is 2.83 bits per heavy atom. The van der Waals surface area contributed by atoms with Gasteiger partial charge in [0.2, 0.25) is 0 Å². The van der Waals surface area contributed by atoms with E-state index in [0.29, 0.717) is 36.7 Å². The van der Waals surface area contributed by atoms with E-state index in [1.807, 2.05) is 0 Å². The molecule has 0 aliphatic carbocycles. The monoisotopic (exact) mass is 371 g/mol. The molecule has 0 bridgehead atoms. The molecule has 1 unspecified atom stereocenters. The molecule has 1 aliphatic heterocycles. The predicted molar refractivity (Wildman–Crippen MR) is 86.5 cm³/mol. The van der Waals surface area contributed by atoms with Gasteiger partial charge in [0.1, 0.15) is 10.0 Å². The van der Waals surface area contributed by atoms with Gasteiger partial charge in [-0.2, -0.15) is 9.82 Å². The van der Waals surface area contributed by atoms with Gasteiger partial charge < -0.3 is 10.4 Å². The zero-order chi connectivity index (χ0) is 17.5. The van der Waals surface area contributed by atoms with Gasteiger partial charge in [-0.05, 0) is 32.4 Å². The molecule has 0 fully saturated rings. The van der Waals surface area contributed by atoms with Crippen LogP contribution in [0.3, 0.4) is 0 Å². The number of aromatic carboxylic acids is 1. The topological polar surface area (TPSA) is 137 Å². The molecule has 2 aromatic heterocycles. The number of aryl methyl sites for hydroxylation is 1. The van der Waals surface area contributed by atoms with Gasteiger partial charge in [-0.25, -0.2) is 18.2 Å². The Balaban J connectivity index is 1.97. The molecule has 1 atom stereocenters. The SMILES string of the molecule is Cc1nc(C(C)NS(=O)(=O)c2sc3c(c2C(=O)O)CCNC3)n[nH]1. The van der Waals surface area contributed by atoms with E-state index in [9.17, 15) is 18.3 Å². The maximum Gasteiger partial charge on any atom is 0.338 e. The summed E-state index contributed by atoms with van der Waals surface area (Å²) in [6.07, 6.45) is 0.499. The number of H-pyrrole nitrogens is 1. The second kappa shape index (κ2) is 6.24. The zero-order valence-electron chi connectivity index (χ0n) is 13.1. The van der Waals surface area contributed by atoms with E-state index in [-0.39, 0.29) is 9.77 Å². The molecule has 11 heteroatoms. The van der Waals surface area contributed by atoms with Crippen molar-refractivity contribution >= 4 is 27.3 Å². The van der Waals surface area contributed by atoms with Crippen LogP contribution in [-0.2, 0) is 23.0 Å². The Hall–Kier alpha value is -1.82. The summed E-state index contributed by atoms with van der Waals surface area (Å²) in [5.41, 5.74) is 0.482. The zero-order valence-corrected chi connectivity index (χ0v) is 14.7. The molecule has 3 heterocycles. The maximum absolute atomic E-state index is 12.7. The summed E-state index contributed by atoms with van der Waals surface area (Å²) >= 11 is 0.997. The lowest BCUT2D eigenvalue weighted by Gasteiger charge is -2.13. The minimum Gasteiger partial charge on any atom is -0.478 e. The number of rotatable bonds is 5. The summed E-state index contributed by atoms with van der Waals surface area (Å²) in [7, 11) is -4.00. The van der Waals surface area contributed by atoms with Gasteiger partial charge in [0.15, 0.2) is 5.82 Å². The minimum atomic E-state index is -4.00. The minimum absolute atomic E-state index is 0.123. The molecule has 0 saturated heterocycles. The second-order valence-corrected chi connectivity index (χ2v) is 8.53. The third kappa shape index (κ3) is 3.07. The van der Waals surface area contributed by atoms with Crippen LogP contribution in [0.15, 0.2) is 4.21 Å². The number of carboxylic acid groups (broad SMARTS) is 1. The number of hydrogen-bond donors (Lipinski definition) is 4. The molecule has 9 nitrogen and oxygen atoms in total. The van der Waals surface area contributed by atoms with Gasteiger partial charge in [-0.1, -0.05) is 0 Å². The molecular formula is C13H17N5O4S2. The normalized spacial score (nSPS) is 15.9. The van der Waals surface area contributed by atoms with E-state index in [1.54, 1.807) is 13.8 Å². The van der Waals surface area contributed by atoms with Crippen molar-refractivity contribution in [2.24, 2.45) is 0 Å². The van der Waals surface area contributed by atoms with Crippen LogP contribution in [-0.4, -0.2) is 41.2 Å². The first-order chi connectivity index (χ1) is 11.3. The van der Waals surface area contributed by atoms with E-state index < -0.39 is 22.0 Å². The summed E-state index contributed by atoms with van der Waals surface area (Å²) in [5.74, 6) is -0.355. The summed E-state index contributed by atoms with van der Waals surface area (Å²) in [4.78, 5) is 16.5. The van der Waals surface area contributed by atoms with Crippen molar-refractivity contribution in [3.63, 3.8) is 0 Å². The highest BCUT2D eigenvalue weighted by atomic mass is 32.2. The highest BCUT2D eigenvalue weighted by molar-refractivity contribution is 7.91. The van der Waals surface area contributed by atoms with Crippen LogP contribution in [0.4, 0.5) is 0 Å². The summed E-state index contributed by atoms with van der Waals surface area (Å²) < 4.78 is 27.7. The lowest BCUT2D eigenvalue weighted by molar-refractivity contribution is 0.0692. The smallest absolute Gasteiger partial charge is 0.338 e. The van der Waals surface area contributed by atoms with Crippen LogP contribution in [0.5, 0.6) is 0 Å². The molecule has 130 valence electrons. The predicted octanol–water partition coefficient (Wildman–Crippen LogP) is 0.558. The molecule has 0 aromatic carbocycles. The Morgan fingerprint density at radius 1 is 1.46 bits per heavy atom. The molecule has 4 N–H and O–H groups in total. The Morgan fingerprint density at radius 2 is 2.21 bits per heavy atom. The number of hydrogen-bond acceptors (Lipinski definition) is 7. The lowest BCUT2D eigenvalue weighted by Crippen LogP contribution is -2.28. The highest BCUT2D eigenvalue weighted by Crippen LogP contribution is 2.34. The van der Waals surface area contributed by atoms with Crippen molar-refractivity contribution < 1.29 is 18.3 Å². The summed E-state index contributed by atoms with van der Waals surface area (Å²) in [5, 5.41) is 19.2. The van der Waals surface area contributed by atoms with Gasteiger partial charge in [-0.3, -0.25) is 5.10 Å². The summed E-state index contributed by atoms with van der Waals surface area (Å²) in [6.45, 7) is 4.42. The quantitative estimate of drug-likeness (QED) is 0.602. The fraction of sp³-hybridized carbons (Fsp3) is 0.462. The Kier molecular flexibility index (Phi) is 4.42. The molecule has 0 spiro atoms. The number of sulfonamides is 1. The standard InChI is InChI=1S/C13H17N5O4S2/c1-6(11-15-7(2)16-17-11)18-24(21,22)13-10(12(19)20)8-3-4-14-5-9(8)23-13/h6,14,18H,3-5H2,1-2H3,(H,19,20)(H,15,16,17). The lowest BCUT2D eigenvalue weighted by atomic mass is 10.1. The van der Waals surface area contributed by atoms with Gasteiger partial charge >= 0.3 is 5.97 Å². The van der Waals surface area contributed by atoms with E-state index in [1.165, 1.54) is 0 Å². The average Bonchev–Trinajstić information content (AvgIpc) is 3.10. The third-order valence-corrected chi connectivity index (χ3v) is 6.98. The van der Waals surface area contributed by atoms with Gasteiger partial charge in [-0.15, -0.1) is 11.3 Å². The molecule has 0 radical (unpaired) electrons. The molecule has 3 rings (SSSR count). The second-order valence-electron chi connectivity index (χ2n) is 5.52. The fourth-order valence-electron chi connectivity index (χ4n) is 2.61. The molecule has 0 saturated carbocycles. The number of aromatic nitrogens is 3. The van der Waals surface area contributed by atoms with Crippen molar-refractivity contribution in [1.29, 1.82) is 0 Å². The third-order valence-electron chi connectivity index (χ3n) is 3.69. The fourth-order valence-corrected chi connectivity index (χ4v) is 5.69. The highest BCUT2D eigenvalue weighted by Gasteiger charge is 2.33. The number of nitrogens with zero attached hydrogens (tertiary/aromatic N) is 2. The first kappa shape index (κ1) is 17.0. The van der Waals surface area contributed by atoms with Crippen molar-refractivity contribution in [2.75, 3.05) is 6.54 Å². The van der Waals surface area contributed by atoms with Crippen LogP contribution < -0.4 is 10.0 Å². The van der Waals surface area contributed by atoms with Crippen molar-refractivity contribution in [1.82, 2.24) is 25.2 Å². The molecule has 1 aliphatic rings. The molecule has 0 amide bonds. The Labute approximate surface area is 142 Å². The number of carboxylic acids is 1. The molecular weight excluding hydrogens is 354 g/mol. The van der Waals surface area contributed by atoms with E-state index in [0.717, 1.165) is 16.2 Å². The van der Waals surface area contributed by atoms with Crippen LogP contribution in [0.1, 0.15) is 45.4 Å². The van der Waals surface area contributed by atoms with E-state index in [4.69, 9.17) is 0 Å².